The monoisotopic (exact) mass is 551 g/mol. The number of nitrogens with zero attached hydrogens (tertiary/aromatic N) is 3. The number of fused-ring (bicyclic) bond motifs is 6. The van der Waals surface area contributed by atoms with Crippen molar-refractivity contribution in [2.75, 3.05) is 0 Å². The van der Waals surface area contributed by atoms with Crippen LogP contribution in [0.5, 0.6) is 0 Å². The van der Waals surface area contributed by atoms with Crippen LogP contribution < -0.4 is 0 Å². The molecule has 4 heteroatoms. The van der Waals surface area contributed by atoms with Crippen molar-refractivity contribution in [2.24, 2.45) is 0 Å². The first-order valence-electron chi connectivity index (χ1n) is 14.5. The van der Waals surface area contributed by atoms with Gasteiger partial charge in [-0.25, -0.2) is 4.68 Å². The van der Waals surface area contributed by atoms with Gasteiger partial charge in [0.1, 0.15) is 16.9 Å². The molecule has 0 atom stereocenters. The highest BCUT2D eigenvalue weighted by Gasteiger charge is 2.22. The van der Waals surface area contributed by atoms with Crippen molar-refractivity contribution >= 4 is 43.7 Å². The summed E-state index contributed by atoms with van der Waals surface area (Å²) in [5.41, 5.74) is 10.1. The quantitative estimate of drug-likeness (QED) is 0.218. The van der Waals surface area contributed by atoms with Gasteiger partial charge < -0.3 is 8.98 Å². The summed E-state index contributed by atoms with van der Waals surface area (Å²) in [5.74, 6) is 0. The zero-order chi connectivity index (χ0) is 28.3. The Morgan fingerprint density at radius 1 is 0.488 bits per heavy atom. The molecule has 0 bridgehead atoms. The van der Waals surface area contributed by atoms with E-state index in [-0.39, 0.29) is 0 Å². The second-order valence-electron chi connectivity index (χ2n) is 10.9. The zero-order valence-corrected chi connectivity index (χ0v) is 23.2. The third-order valence-corrected chi connectivity index (χ3v) is 8.37. The standard InChI is InChI=1S/C39H25N3O/c1-3-13-26(14-4-1)38-34(25-41(40-38)27-15-5-2-6-16-27)33-24-28(23-32-31-19-9-12-22-37(31)43-39(32)33)42-35-20-10-7-17-29(35)30-18-8-11-21-36(30)42/h1-25H. The summed E-state index contributed by atoms with van der Waals surface area (Å²) >= 11 is 0. The topological polar surface area (TPSA) is 35.9 Å². The first-order valence-corrected chi connectivity index (χ1v) is 14.5. The van der Waals surface area contributed by atoms with Gasteiger partial charge in [-0.1, -0.05) is 103 Å². The fourth-order valence-electron chi connectivity index (χ4n) is 6.43. The van der Waals surface area contributed by atoms with Crippen molar-refractivity contribution in [2.45, 2.75) is 0 Å². The molecule has 0 fully saturated rings. The van der Waals surface area contributed by atoms with Crippen LogP contribution in [0.25, 0.3) is 77.5 Å². The molecular formula is C39H25N3O. The minimum absolute atomic E-state index is 0.857. The summed E-state index contributed by atoms with van der Waals surface area (Å²) in [7, 11) is 0. The lowest BCUT2D eigenvalue weighted by Gasteiger charge is -2.12. The molecular weight excluding hydrogens is 526 g/mol. The Labute approximate surface area is 247 Å². The van der Waals surface area contributed by atoms with Crippen LogP contribution in [-0.2, 0) is 0 Å². The Morgan fingerprint density at radius 3 is 1.81 bits per heavy atom. The van der Waals surface area contributed by atoms with E-state index in [9.17, 15) is 0 Å². The number of furan rings is 1. The maximum atomic E-state index is 6.64. The average Bonchev–Trinajstić information content (AvgIpc) is 3.78. The van der Waals surface area contributed by atoms with Gasteiger partial charge in [0.25, 0.3) is 0 Å². The van der Waals surface area contributed by atoms with Crippen LogP contribution in [0.1, 0.15) is 0 Å². The lowest BCUT2D eigenvalue weighted by molar-refractivity contribution is 0.670. The number of rotatable bonds is 4. The van der Waals surface area contributed by atoms with Crippen molar-refractivity contribution in [3.8, 4) is 33.8 Å². The van der Waals surface area contributed by atoms with Gasteiger partial charge in [-0.2, -0.15) is 5.10 Å². The van der Waals surface area contributed by atoms with E-state index in [0.717, 1.165) is 55.7 Å². The molecule has 6 aromatic carbocycles. The van der Waals surface area contributed by atoms with Gasteiger partial charge in [0.15, 0.2) is 0 Å². The third kappa shape index (κ3) is 3.67. The summed E-state index contributed by atoms with van der Waals surface area (Å²) in [5, 5.41) is 9.79. The molecule has 0 saturated carbocycles. The number of benzene rings is 6. The first kappa shape index (κ1) is 23.8. The molecule has 3 aromatic heterocycles. The molecule has 9 aromatic rings. The van der Waals surface area contributed by atoms with Crippen molar-refractivity contribution < 1.29 is 4.42 Å². The van der Waals surface area contributed by atoms with Crippen LogP contribution in [0.4, 0.5) is 0 Å². The molecule has 4 nitrogen and oxygen atoms in total. The highest BCUT2D eigenvalue weighted by Crippen LogP contribution is 2.43. The number of para-hydroxylation sites is 4. The third-order valence-electron chi connectivity index (χ3n) is 8.37. The Hall–Kier alpha value is -5.87. The second kappa shape index (κ2) is 9.33. The average molecular weight is 552 g/mol. The van der Waals surface area contributed by atoms with E-state index in [2.05, 4.69) is 120 Å². The number of aromatic nitrogens is 3. The van der Waals surface area contributed by atoms with E-state index in [1.807, 2.05) is 41.1 Å². The maximum Gasteiger partial charge on any atom is 0.143 e. The molecule has 0 saturated heterocycles. The molecule has 0 unspecified atom stereocenters. The van der Waals surface area contributed by atoms with Crippen LogP contribution in [0, 0.1) is 0 Å². The highest BCUT2D eigenvalue weighted by molar-refractivity contribution is 6.13. The molecule has 3 heterocycles. The summed E-state index contributed by atoms with van der Waals surface area (Å²) in [6.07, 6.45) is 2.13. The van der Waals surface area contributed by atoms with Gasteiger partial charge in [-0.15, -0.1) is 0 Å². The summed E-state index contributed by atoms with van der Waals surface area (Å²) < 4.78 is 11.0. The lowest BCUT2D eigenvalue weighted by atomic mass is 9.98. The van der Waals surface area contributed by atoms with Gasteiger partial charge in [0.2, 0.25) is 0 Å². The SMILES string of the molecule is c1ccc(-c2nn(-c3ccccc3)cc2-c2cc(-n3c4ccccc4c4ccccc43)cc3c2oc2ccccc23)cc1. The van der Waals surface area contributed by atoms with E-state index in [1.165, 1.54) is 21.8 Å². The van der Waals surface area contributed by atoms with Crippen LogP contribution in [0.15, 0.2) is 156 Å². The Morgan fingerprint density at radius 2 is 1.09 bits per heavy atom. The van der Waals surface area contributed by atoms with Crippen LogP contribution in [-0.4, -0.2) is 14.3 Å². The largest absolute Gasteiger partial charge is 0.455 e. The predicted octanol–water partition coefficient (Wildman–Crippen LogP) is 10.2. The van der Waals surface area contributed by atoms with Crippen molar-refractivity contribution in [3.63, 3.8) is 0 Å². The molecule has 0 radical (unpaired) electrons. The molecule has 202 valence electrons. The van der Waals surface area contributed by atoms with E-state index >= 15 is 0 Å². The predicted molar refractivity (Wildman–Crippen MR) is 176 cm³/mol. The van der Waals surface area contributed by atoms with Crippen molar-refractivity contribution in [1.82, 2.24) is 14.3 Å². The lowest BCUT2D eigenvalue weighted by Crippen LogP contribution is -1.95. The molecule has 9 rings (SSSR count). The van der Waals surface area contributed by atoms with E-state index in [1.54, 1.807) is 0 Å². The fraction of sp³-hybridized carbons (Fsp3) is 0. The van der Waals surface area contributed by atoms with E-state index in [4.69, 9.17) is 9.52 Å². The number of hydrogen-bond donors (Lipinski definition) is 0. The smallest absolute Gasteiger partial charge is 0.143 e. The molecule has 43 heavy (non-hydrogen) atoms. The second-order valence-corrected chi connectivity index (χ2v) is 10.9. The molecule has 0 N–H and O–H groups in total. The Bertz CT molecular complexity index is 2390. The Kier molecular flexibility index (Phi) is 5.16. The fourth-order valence-corrected chi connectivity index (χ4v) is 6.43. The molecule has 0 amide bonds. The minimum atomic E-state index is 0.857. The highest BCUT2D eigenvalue weighted by atomic mass is 16.3. The first-order chi connectivity index (χ1) is 21.3. The van der Waals surface area contributed by atoms with Gasteiger partial charge in [-0.3, -0.25) is 0 Å². The normalized spacial score (nSPS) is 11.7. The summed E-state index contributed by atoms with van der Waals surface area (Å²) in [6.45, 7) is 0. The summed E-state index contributed by atoms with van der Waals surface area (Å²) in [4.78, 5) is 0. The van der Waals surface area contributed by atoms with Gasteiger partial charge in [0, 0.05) is 50.1 Å². The molecule has 0 spiro atoms. The number of hydrogen-bond acceptors (Lipinski definition) is 2. The summed E-state index contributed by atoms with van der Waals surface area (Å²) in [6, 6.07) is 50.8. The van der Waals surface area contributed by atoms with Gasteiger partial charge in [0.05, 0.1) is 16.7 Å². The van der Waals surface area contributed by atoms with Crippen molar-refractivity contribution in [1.29, 1.82) is 0 Å². The molecule has 0 aliphatic carbocycles. The minimum Gasteiger partial charge on any atom is -0.455 e. The maximum absolute atomic E-state index is 6.64. The van der Waals surface area contributed by atoms with E-state index in [0.29, 0.717) is 0 Å². The van der Waals surface area contributed by atoms with E-state index < -0.39 is 0 Å². The van der Waals surface area contributed by atoms with Crippen molar-refractivity contribution in [3.05, 3.63) is 152 Å². The van der Waals surface area contributed by atoms with Crippen LogP contribution >= 0.6 is 0 Å². The van der Waals surface area contributed by atoms with Crippen LogP contribution in [0.2, 0.25) is 0 Å². The molecule has 0 aliphatic rings. The van der Waals surface area contributed by atoms with Gasteiger partial charge >= 0.3 is 0 Å². The zero-order valence-electron chi connectivity index (χ0n) is 23.2. The molecule has 0 aliphatic heterocycles. The Balaban J connectivity index is 1.41. The van der Waals surface area contributed by atoms with Gasteiger partial charge in [-0.05, 0) is 42.5 Å². The van der Waals surface area contributed by atoms with Crippen LogP contribution in [0.3, 0.4) is 0 Å².